The minimum absolute atomic E-state index is 0.0968. The van der Waals surface area contributed by atoms with Crippen molar-refractivity contribution in [2.45, 2.75) is 90.0 Å². The van der Waals surface area contributed by atoms with Gasteiger partial charge in [-0.2, -0.15) is 0 Å². The summed E-state index contributed by atoms with van der Waals surface area (Å²) in [6, 6.07) is 10.7. The third kappa shape index (κ3) is 14.1. The van der Waals surface area contributed by atoms with E-state index in [1.807, 2.05) is 6.92 Å². The van der Waals surface area contributed by atoms with E-state index in [0.717, 1.165) is 65.2 Å². The molecule has 2 saturated carbocycles. The van der Waals surface area contributed by atoms with E-state index in [2.05, 4.69) is 62.6 Å². The summed E-state index contributed by atoms with van der Waals surface area (Å²) in [6.07, 6.45) is 0.0613. The lowest BCUT2D eigenvalue weighted by molar-refractivity contribution is -0.275. The zero-order chi connectivity index (χ0) is 39.6. The lowest BCUT2D eigenvalue weighted by atomic mass is 9.80. The second-order valence-electron chi connectivity index (χ2n) is 12.3. The molecule has 2 fully saturated rings. The molecule has 2 aliphatic carbocycles. The van der Waals surface area contributed by atoms with Crippen LogP contribution in [0.5, 0.6) is 11.5 Å². The standard InChI is InChI=1S/C17H17ClF3N3O.C10H13ClIN3.C7H6BF3O3/c1-10-22-15(18)14(16(23-10)24-12-4-2-3-5-12)11-6-8-13(9-7-11)25-17(19,20)21;1-6-13-9(11)8(12)10(14-6)15-7-4-2-3-5-7;9-7(10,11)14-6-3-1-5(2-4-6)8(12)13/h6-9,12H,2-5H2,1H3,(H,22,23,24);7H,2-5H2,1H3,(H,13,14,15);1-4,12-13H. The van der Waals surface area contributed by atoms with Crippen molar-refractivity contribution in [3.8, 4) is 22.6 Å². The van der Waals surface area contributed by atoms with E-state index in [1.165, 1.54) is 49.9 Å². The van der Waals surface area contributed by atoms with Crippen LogP contribution in [0.1, 0.15) is 63.0 Å². The van der Waals surface area contributed by atoms with Crippen molar-refractivity contribution in [2.24, 2.45) is 0 Å². The molecular formula is C34H36BCl2F6IN6O4. The Kier molecular flexibility index (Phi) is 15.7. The predicted molar refractivity (Wildman–Crippen MR) is 203 cm³/mol. The van der Waals surface area contributed by atoms with Gasteiger partial charge in [-0.25, -0.2) is 19.9 Å². The molecule has 0 amide bonds. The maximum Gasteiger partial charge on any atom is 0.573 e. The van der Waals surface area contributed by atoms with Crippen LogP contribution in [0.2, 0.25) is 10.3 Å². The summed E-state index contributed by atoms with van der Waals surface area (Å²) < 4.78 is 80.3. The summed E-state index contributed by atoms with van der Waals surface area (Å²) in [5.41, 5.74) is 1.30. The van der Waals surface area contributed by atoms with Crippen LogP contribution in [0, 0.1) is 17.4 Å². The van der Waals surface area contributed by atoms with Gasteiger partial charge in [0.05, 0.1) is 9.13 Å². The van der Waals surface area contributed by atoms with Gasteiger partial charge in [-0.1, -0.05) is 73.2 Å². The molecule has 20 heteroatoms. The second-order valence-corrected chi connectivity index (χ2v) is 14.1. The van der Waals surface area contributed by atoms with Crippen molar-refractivity contribution < 1.29 is 45.9 Å². The highest BCUT2D eigenvalue weighted by atomic mass is 127. The summed E-state index contributed by atoms with van der Waals surface area (Å²) in [6.45, 7) is 3.61. The van der Waals surface area contributed by atoms with Crippen molar-refractivity contribution in [3.05, 3.63) is 74.1 Å². The molecule has 292 valence electrons. The zero-order valence-corrected chi connectivity index (χ0v) is 32.6. The first-order chi connectivity index (χ1) is 25.4. The molecule has 2 heterocycles. The molecule has 10 nitrogen and oxygen atoms in total. The van der Waals surface area contributed by atoms with Crippen LogP contribution in [0.3, 0.4) is 0 Å². The number of nitrogens with one attached hydrogen (secondary N) is 2. The van der Waals surface area contributed by atoms with E-state index in [-0.39, 0.29) is 16.4 Å². The van der Waals surface area contributed by atoms with Crippen molar-refractivity contribution in [1.29, 1.82) is 0 Å². The van der Waals surface area contributed by atoms with Crippen LogP contribution in [-0.2, 0) is 0 Å². The van der Waals surface area contributed by atoms with Crippen molar-refractivity contribution >= 4 is 70.0 Å². The highest BCUT2D eigenvalue weighted by Gasteiger charge is 2.32. The quantitative estimate of drug-likeness (QED) is 0.0588. The number of hydrogen-bond acceptors (Lipinski definition) is 10. The summed E-state index contributed by atoms with van der Waals surface area (Å²) >= 11 is 14.5. The molecule has 2 aliphatic rings. The largest absolute Gasteiger partial charge is 0.573 e. The smallest absolute Gasteiger partial charge is 0.423 e. The Labute approximate surface area is 331 Å². The fraction of sp³-hybridized carbons (Fsp3) is 0.412. The molecule has 6 rings (SSSR count). The van der Waals surface area contributed by atoms with E-state index in [0.29, 0.717) is 40.0 Å². The molecule has 0 radical (unpaired) electrons. The average molecular weight is 915 g/mol. The SMILES string of the molecule is Cc1nc(Cl)c(-c2ccc(OC(F)(F)F)cc2)c(NC2CCCC2)n1.Cc1nc(Cl)c(I)c(NC2CCCC2)n1.OB(O)c1ccc(OC(F)(F)F)cc1. The Balaban J connectivity index is 0.000000193. The number of benzene rings is 2. The first kappa shape index (κ1) is 43.4. The molecule has 0 atom stereocenters. The van der Waals surface area contributed by atoms with Gasteiger partial charge in [0, 0.05) is 12.1 Å². The van der Waals surface area contributed by atoms with Gasteiger partial charge in [-0.15, -0.1) is 26.3 Å². The maximum atomic E-state index is 12.3. The number of aryl methyl sites for hydroxylation is 2. The number of aromatic nitrogens is 4. The molecular weight excluding hydrogens is 879 g/mol. The van der Waals surface area contributed by atoms with Crippen LogP contribution < -0.4 is 25.6 Å². The van der Waals surface area contributed by atoms with E-state index in [1.54, 1.807) is 6.92 Å². The third-order valence-electron chi connectivity index (χ3n) is 8.08. The van der Waals surface area contributed by atoms with E-state index in [9.17, 15) is 26.3 Å². The van der Waals surface area contributed by atoms with Crippen molar-refractivity contribution in [3.63, 3.8) is 0 Å². The van der Waals surface area contributed by atoms with E-state index in [4.69, 9.17) is 33.2 Å². The normalized spacial score (nSPS) is 14.8. The van der Waals surface area contributed by atoms with Crippen molar-refractivity contribution in [1.82, 2.24) is 19.9 Å². The number of rotatable bonds is 8. The van der Waals surface area contributed by atoms with Gasteiger partial charge in [0.2, 0.25) is 0 Å². The lowest BCUT2D eigenvalue weighted by Gasteiger charge is -2.18. The number of ether oxygens (including phenoxy) is 2. The molecule has 54 heavy (non-hydrogen) atoms. The Morgan fingerprint density at radius 1 is 0.667 bits per heavy atom. The molecule has 2 aromatic heterocycles. The number of hydrogen-bond donors (Lipinski definition) is 4. The van der Waals surface area contributed by atoms with Crippen molar-refractivity contribution in [2.75, 3.05) is 10.6 Å². The fourth-order valence-electron chi connectivity index (χ4n) is 5.71. The molecule has 4 aromatic rings. The number of alkyl halides is 6. The Bertz CT molecular complexity index is 1820. The molecule has 0 saturated heterocycles. The highest BCUT2D eigenvalue weighted by Crippen LogP contribution is 2.36. The maximum absolute atomic E-state index is 12.3. The van der Waals surface area contributed by atoms with Crippen LogP contribution in [0.4, 0.5) is 38.0 Å². The van der Waals surface area contributed by atoms with Gasteiger partial charge in [0.15, 0.2) is 0 Å². The molecule has 0 aliphatic heterocycles. The zero-order valence-electron chi connectivity index (χ0n) is 28.9. The highest BCUT2D eigenvalue weighted by molar-refractivity contribution is 14.1. The van der Waals surface area contributed by atoms with Gasteiger partial charge in [-0.05, 0) is 97.4 Å². The summed E-state index contributed by atoms with van der Waals surface area (Å²) in [5, 5.41) is 24.9. The molecule has 4 N–H and O–H groups in total. The summed E-state index contributed by atoms with van der Waals surface area (Å²) in [7, 11) is -1.70. The fourth-order valence-corrected chi connectivity index (χ4v) is 6.64. The topological polar surface area (TPSA) is 135 Å². The van der Waals surface area contributed by atoms with E-state index >= 15 is 0 Å². The molecule has 2 aromatic carbocycles. The number of nitrogens with zero attached hydrogens (tertiary/aromatic N) is 4. The summed E-state index contributed by atoms with van der Waals surface area (Å²) in [5.74, 6) is 2.06. The van der Waals surface area contributed by atoms with Gasteiger partial charge < -0.3 is 30.2 Å². The monoisotopic (exact) mass is 914 g/mol. The Morgan fingerprint density at radius 3 is 1.52 bits per heavy atom. The first-order valence-corrected chi connectivity index (χ1v) is 18.5. The van der Waals surface area contributed by atoms with Gasteiger partial charge >= 0.3 is 19.8 Å². The predicted octanol–water partition coefficient (Wildman–Crippen LogP) is 9.02. The number of anilines is 2. The minimum atomic E-state index is -4.74. The lowest BCUT2D eigenvalue weighted by Crippen LogP contribution is -2.29. The minimum Gasteiger partial charge on any atom is -0.423 e. The number of halogens is 9. The van der Waals surface area contributed by atoms with Gasteiger partial charge in [-0.3, -0.25) is 0 Å². The van der Waals surface area contributed by atoms with Gasteiger partial charge in [0.1, 0.15) is 45.1 Å². The molecule has 0 spiro atoms. The average Bonchev–Trinajstić information content (AvgIpc) is 3.78. The third-order valence-corrected chi connectivity index (χ3v) is 9.97. The second kappa shape index (κ2) is 19.5. The molecule has 0 unspecified atom stereocenters. The van der Waals surface area contributed by atoms with Crippen LogP contribution in [0.25, 0.3) is 11.1 Å². The summed E-state index contributed by atoms with van der Waals surface area (Å²) in [4.78, 5) is 17.1. The van der Waals surface area contributed by atoms with Crippen LogP contribution in [0.15, 0.2) is 48.5 Å². The Morgan fingerprint density at radius 2 is 1.07 bits per heavy atom. The first-order valence-electron chi connectivity index (χ1n) is 16.7. The van der Waals surface area contributed by atoms with Crippen LogP contribution in [-0.4, -0.2) is 61.9 Å². The Hall–Kier alpha value is -3.33. The van der Waals surface area contributed by atoms with Gasteiger partial charge in [0.25, 0.3) is 0 Å². The van der Waals surface area contributed by atoms with Crippen LogP contribution >= 0.6 is 45.8 Å². The van der Waals surface area contributed by atoms with E-state index < -0.39 is 25.6 Å². The molecule has 0 bridgehead atoms.